The first-order valence-corrected chi connectivity index (χ1v) is 8.91. The number of anilines is 1. The van der Waals surface area contributed by atoms with Gasteiger partial charge in [0.1, 0.15) is 0 Å². The summed E-state index contributed by atoms with van der Waals surface area (Å²) in [5.41, 5.74) is 3.07. The molecular formula is C19H20N2O2S. The van der Waals surface area contributed by atoms with E-state index in [0.29, 0.717) is 13.0 Å². The largest absolute Gasteiger partial charge is 0.348 e. The number of hydrogen-bond donors (Lipinski definition) is 1. The Labute approximate surface area is 145 Å². The third kappa shape index (κ3) is 3.92. The quantitative estimate of drug-likeness (QED) is 0.847. The molecule has 0 saturated carbocycles. The van der Waals surface area contributed by atoms with Crippen LogP contribution in [-0.2, 0) is 16.1 Å². The summed E-state index contributed by atoms with van der Waals surface area (Å²) in [6.07, 6.45) is 4.88. The smallest absolute Gasteiger partial charge is 0.244 e. The van der Waals surface area contributed by atoms with Gasteiger partial charge in [0.2, 0.25) is 11.8 Å². The van der Waals surface area contributed by atoms with Crippen molar-refractivity contribution in [1.82, 2.24) is 5.32 Å². The van der Waals surface area contributed by atoms with Crippen molar-refractivity contribution >= 4 is 34.9 Å². The van der Waals surface area contributed by atoms with E-state index < -0.39 is 0 Å². The zero-order chi connectivity index (χ0) is 16.9. The van der Waals surface area contributed by atoms with E-state index in [2.05, 4.69) is 11.4 Å². The number of hydrogen-bond acceptors (Lipinski definition) is 3. The minimum absolute atomic E-state index is 0.110. The van der Waals surface area contributed by atoms with Gasteiger partial charge in [-0.2, -0.15) is 0 Å². The van der Waals surface area contributed by atoms with Gasteiger partial charge in [-0.3, -0.25) is 9.59 Å². The fraction of sp³-hybridized carbons (Fsp3) is 0.263. The molecule has 1 aromatic heterocycles. The highest BCUT2D eigenvalue weighted by molar-refractivity contribution is 7.10. The van der Waals surface area contributed by atoms with Crippen LogP contribution in [0.1, 0.15) is 28.8 Å². The van der Waals surface area contributed by atoms with Crippen molar-refractivity contribution in [1.29, 1.82) is 0 Å². The molecule has 0 bridgehead atoms. The van der Waals surface area contributed by atoms with Crippen molar-refractivity contribution in [3.63, 3.8) is 0 Å². The van der Waals surface area contributed by atoms with Crippen molar-refractivity contribution in [3.8, 4) is 0 Å². The lowest BCUT2D eigenvalue weighted by Gasteiger charge is -2.15. The van der Waals surface area contributed by atoms with Crippen molar-refractivity contribution in [2.24, 2.45) is 0 Å². The Morgan fingerprint density at radius 1 is 1.29 bits per heavy atom. The molecule has 124 valence electrons. The highest BCUT2D eigenvalue weighted by Gasteiger charge is 2.21. The lowest BCUT2D eigenvalue weighted by molar-refractivity contribution is -0.117. The van der Waals surface area contributed by atoms with E-state index in [1.54, 1.807) is 23.5 Å². The summed E-state index contributed by atoms with van der Waals surface area (Å²) in [5.74, 6) is 0.0723. The normalized spacial score (nSPS) is 14.5. The molecule has 0 aliphatic carbocycles. The number of aryl methyl sites for hydroxylation is 1. The minimum Gasteiger partial charge on any atom is -0.348 e. The molecule has 0 unspecified atom stereocenters. The van der Waals surface area contributed by atoms with Crippen molar-refractivity contribution in [3.05, 3.63) is 57.8 Å². The topological polar surface area (TPSA) is 49.4 Å². The van der Waals surface area contributed by atoms with Crippen LogP contribution in [0.5, 0.6) is 0 Å². The third-order valence-corrected chi connectivity index (χ3v) is 5.12. The molecule has 0 radical (unpaired) electrons. The van der Waals surface area contributed by atoms with E-state index in [4.69, 9.17) is 0 Å². The molecule has 1 aliphatic rings. The van der Waals surface area contributed by atoms with Gasteiger partial charge in [-0.05, 0) is 54.1 Å². The number of rotatable bonds is 5. The van der Waals surface area contributed by atoms with Gasteiger partial charge in [-0.1, -0.05) is 12.1 Å². The molecule has 2 heterocycles. The van der Waals surface area contributed by atoms with Gasteiger partial charge in [-0.15, -0.1) is 11.3 Å². The average molecular weight is 340 g/mol. The third-order valence-electron chi connectivity index (χ3n) is 4.10. The summed E-state index contributed by atoms with van der Waals surface area (Å²) in [6.45, 7) is 3.39. The van der Waals surface area contributed by atoms with Crippen LogP contribution in [0.4, 0.5) is 5.69 Å². The number of nitrogens with zero attached hydrogens (tertiary/aromatic N) is 1. The molecule has 1 fully saturated rings. The van der Waals surface area contributed by atoms with Crippen molar-refractivity contribution < 1.29 is 9.59 Å². The standard InChI is InChI=1S/C19H20N2O2S/c1-14-10-12-24-17(14)13-20-18(22)9-6-15-4-7-16(8-5-15)21-11-2-3-19(21)23/h4-10,12H,2-3,11,13H2,1H3,(H,20,22)/b9-6+. The summed E-state index contributed by atoms with van der Waals surface area (Å²) in [5, 5.41) is 4.92. The van der Waals surface area contributed by atoms with Crippen LogP contribution in [0, 0.1) is 6.92 Å². The molecular weight excluding hydrogens is 320 g/mol. The van der Waals surface area contributed by atoms with Gasteiger partial charge < -0.3 is 10.2 Å². The van der Waals surface area contributed by atoms with Crippen LogP contribution >= 0.6 is 11.3 Å². The maximum Gasteiger partial charge on any atom is 0.244 e. The molecule has 2 amide bonds. The SMILES string of the molecule is Cc1ccsc1CNC(=O)/C=C/c1ccc(N2CCCC2=O)cc1. The lowest BCUT2D eigenvalue weighted by Crippen LogP contribution is -2.23. The molecule has 24 heavy (non-hydrogen) atoms. The minimum atomic E-state index is -0.110. The highest BCUT2D eigenvalue weighted by atomic mass is 32.1. The predicted octanol–water partition coefficient (Wildman–Crippen LogP) is 3.51. The summed E-state index contributed by atoms with van der Waals surface area (Å²) in [4.78, 5) is 26.6. The zero-order valence-electron chi connectivity index (χ0n) is 13.6. The van der Waals surface area contributed by atoms with Gasteiger partial charge in [0.25, 0.3) is 0 Å². The molecule has 1 N–H and O–H groups in total. The van der Waals surface area contributed by atoms with Crippen LogP contribution in [0.3, 0.4) is 0 Å². The second-order valence-electron chi connectivity index (χ2n) is 5.82. The van der Waals surface area contributed by atoms with Gasteiger partial charge >= 0.3 is 0 Å². The van der Waals surface area contributed by atoms with Crippen LogP contribution in [0.2, 0.25) is 0 Å². The molecule has 1 saturated heterocycles. The Balaban J connectivity index is 1.55. The van der Waals surface area contributed by atoms with Crippen LogP contribution in [0.15, 0.2) is 41.8 Å². The predicted molar refractivity (Wildman–Crippen MR) is 98.0 cm³/mol. The Hall–Kier alpha value is -2.40. The van der Waals surface area contributed by atoms with Gasteiger partial charge in [0.05, 0.1) is 6.54 Å². The molecule has 3 rings (SSSR count). The Morgan fingerprint density at radius 2 is 2.08 bits per heavy atom. The maximum atomic E-state index is 11.9. The van der Waals surface area contributed by atoms with E-state index in [-0.39, 0.29) is 11.8 Å². The summed E-state index contributed by atoms with van der Waals surface area (Å²) < 4.78 is 0. The number of benzene rings is 1. The molecule has 1 aromatic carbocycles. The fourth-order valence-corrected chi connectivity index (χ4v) is 3.52. The number of thiophene rings is 1. The highest BCUT2D eigenvalue weighted by Crippen LogP contribution is 2.22. The van der Waals surface area contributed by atoms with Crippen LogP contribution in [-0.4, -0.2) is 18.4 Å². The first-order chi connectivity index (χ1) is 11.6. The Kier molecular flexibility index (Phi) is 5.11. The number of amides is 2. The van der Waals surface area contributed by atoms with Gasteiger partial charge in [0.15, 0.2) is 0 Å². The van der Waals surface area contributed by atoms with E-state index in [1.807, 2.05) is 41.5 Å². The van der Waals surface area contributed by atoms with E-state index >= 15 is 0 Å². The average Bonchev–Trinajstić information content (AvgIpc) is 3.20. The fourth-order valence-electron chi connectivity index (χ4n) is 2.67. The van der Waals surface area contributed by atoms with Crippen molar-refractivity contribution in [2.45, 2.75) is 26.3 Å². The molecule has 2 aromatic rings. The summed E-state index contributed by atoms with van der Waals surface area (Å²) in [6, 6.07) is 9.75. The zero-order valence-corrected chi connectivity index (χ0v) is 14.4. The monoisotopic (exact) mass is 340 g/mol. The van der Waals surface area contributed by atoms with Crippen LogP contribution < -0.4 is 10.2 Å². The Bertz CT molecular complexity index is 762. The lowest BCUT2D eigenvalue weighted by atomic mass is 10.2. The van der Waals surface area contributed by atoms with E-state index in [1.165, 1.54) is 10.4 Å². The molecule has 4 nitrogen and oxygen atoms in total. The number of nitrogens with one attached hydrogen (secondary N) is 1. The molecule has 0 spiro atoms. The first-order valence-electron chi connectivity index (χ1n) is 8.03. The van der Waals surface area contributed by atoms with Crippen molar-refractivity contribution in [2.75, 3.05) is 11.4 Å². The van der Waals surface area contributed by atoms with E-state index in [9.17, 15) is 9.59 Å². The van der Waals surface area contributed by atoms with Gasteiger partial charge in [0, 0.05) is 29.6 Å². The van der Waals surface area contributed by atoms with Crippen LogP contribution in [0.25, 0.3) is 6.08 Å². The first kappa shape index (κ1) is 16.5. The van der Waals surface area contributed by atoms with Gasteiger partial charge in [-0.25, -0.2) is 0 Å². The number of carbonyl (C=O) groups excluding carboxylic acids is 2. The second-order valence-corrected chi connectivity index (χ2v) is 6.82. The maximum absolute atomic E-state index is 11.9. The second kappa shape index (κ2) is 7.45. The summed E-state index contributed by atoms with van der Waals surface area (Å²) in [7, 11) is 0. The number of carbonyl (C=O) groups is 2. The van der Waals surface area contributed by atoms with E-state index in [0.717, 1.165) is 24.2 Å². The Morgan fingerprint density at radius 3 is 2.71 bits per heavy atom. The molecule has 1 aliphatic heterocycles. The molecule has 0 atom stereocenters. The molecule has 5 heteroatoms. The summed E-state index contributed by atoms with van der Waals surface area (Å²) >= 11 is 1.65.